The summed E-state index contributed by atoms with van der Waals surface area (Å²) in [6, 6.07) is 6.39. The van der Waals surface area contributed by atoms with Gasteiger partial charge < -0.3 is 25.2 Å². The van der Waals surface area contributed by atoms with Gasteiger partial charge in [0.15, 0.2) is 5.96 Å². The first-order valence-electron chi connectivity index (χ1n) is 10.0. The maximum absolute atomic E-state index is 5.40. The molecular formula is C21H38IN5O. The van der Waals surface area contributed by atoms with E-state index in [1.54, 1.807) is 7.11 Å². The molecule has 1 aromatic rings. The Morgan fingerprint density at radius 1 is 1.21 bits per heavy atom. The molecule has 0 aliphatic carbocycles. The monoisotopic (exact) mass is 503 g/mol. The zero-order valence-electron chi connectivity index (χ0n) is 18.1. The molecule has 2 N–H and O–H groups in total. The number of guanidine groups is 1. The van der Waals surface area contributed by atoms with Crippen LogP contribution in [0.25, 0.3) is 0 Å². The minimum atomic E-state index is 0. The molecule has 2 rings (SSSR count). The Hall–Kier alpha value is -1.06. The molecule has 0 amide bonds. The van der Waals surface area contributed by atoms with E-state index >= 15 is 0 Å². The summed E-state index contributed by atoms with van der Waals surface area (Å²) >= 11 is 0. The topological polar surface area (TPSA) is 52.1 Å². The molecule has 6 nitrogen and oxygen atoms in total. The maximum atomic E-state index is 5.40. The number of piperazine rings is 1. The SMILES string of the molecule is CN=C(NCCc1ccc(C)c(OC)c1)NCC(C)CN1CCN(C)CC1.I. The fraction of sp³-hybridized carbons (Fsp3) is 0.667. The third-order valence-corrected chi connectivity index (χ3v) is 5.19. The van der Waals surface area contributed by atoms with Gasteiger partial charge in [-0.05, 0) is 43.5 Å². The fourth-order valence-electron chi connectivity index (χ4n) is 3.37. The fourth-order valence-corrected chi connectivity index (χ4v) is 3.37. The summed E-state index contributed by atoms with van der Waals surface area (Å²) in [4.78, 5) is 9.31. The lowest BCUT2D eigenvalue weighted by Gasteiger charge is -2.34. The zero-order valence-corrected chi connectivity index (χ0v) is 20.5. The van der Waals surface area contributed by atoms with Crippen molar-refractivity contribution in [1.82, 2.24) is 20.4 Å². The molecule has 0 bridgehead atoms. The van der Waals surface area contributed by atoms with Crippen LogP contribution in [0.3, 0.4) is 0 Å². The van der Waals surface area contributed by atoms with E-state index in [1.807, 2.05) is 7.05 Å². The molecule has 1 heterocycles. The molecule has 7 heteroatoms. The van der Waals surface area contributed by atoms with E-state index in [0.717, 1.165) is 37.8 Å². The predicted molar refractivity (Wildman–Crippen MR) is 129 cm³/mol. The first-order chi connectivity index (χ1) is 13.0. The molecule has 1 aliphatic heterocycles. The van der Waals surface area contributed by atoms with E-state index in [9.17, 15) is 0 Å². The second-order valence-corrected chi connectivity index (χ2v) is 7.64. The summed E-state index contributed by atoms with van der Waals surface area (Å²) in [5.41, 5.74) is 2.44. The lowest BCUT2D eigenvalue weighted by atomic mass is 10.1. The van der Waals surface area contributed by atoms with Crippen molar-refractivity contribution in [3.63, 3.8) is 0 Å². The Balaban J connectivity index is 0.00000392. The largest absolute Gasteiger partial charge is 0.496 e. The van der Waals surface area contributed by atoms with Crippen molar-refractivity contribution < 1.29 is 4.74 Å². The number of hydrogen-bond acceptors (Lipinski definition) is 4. The number of nitrogens with zero attached hydrogens (tertiary/aromatic N) is 3. The van der Waals surface area contributed by atoms with Crippen LogP contribution in [0.2, 0.25) is 0 Å². The molecule has 0 spiro atoms. The summed E-state index contributed by atoms with van der Waals surface area (Å²) < 4.78 is 5.40. The average molecular weight is 503 g/mol. The van der Waals surface area contributed by atoms with Gasteiger partial charge in [0.1, 0.15) is 5.75 Å². The molecule has 1 fully saturated rings. The summed E-state index contributed by atoms with van der Waals surface area (Å²) in [7, 11) is 5.75. The van der Waals surface area contributed by atoms with Gasteiger partial charge in [-0.25, -0.2) is 0 Å². The van der Waals surface area contributed by atoms with Gasteiger partial charge in [0, 0.05) is 52.9 Å². The number of benzene rings is 1. The van der Waals surface area contributed by atoms with Crippen LogP contribution in [0, 0.1) is 12.8 Å². The molecule has 1 aromatic carbocycles. The van der Waals surface area contributed by atoms with Crippen LogP contribution in [0.1, 0.15) is 18.1 Å². The highest BCUT2D eigenvalue weighted by atomic mass is 127. The van der Waals surface area contributed by atoms with Crippen molar-refractivity contribution in [3.05, 3.63) is 29.3 Å². The highest BCUT2D eigenvalue weighted by Crippen LogP contribution is 2.18. The van der Waals surface area contributed by atoms with Crippen LogP contribution < -0.4 is 15.4 Å². The summed E-state index contributed by atoms with van der Waals surface area (Å²) in [6.45, 7) is 12.0. The van der Waals surface area contributed by atoms with Crippen LogP contribution >= 0.6 is 24.0 Å². The van der Waals surface area contributed by atoms with E-state index in [-0.39, 0.29) is 24.0 Å². The molecule has 1 atom stereocenters. The van der Waals surface area contributed by atoms with Gasteiger partial charge in [0.25, 0.3) is 0 Å². The van der Waals surface area contributed by atoms with Crippen molar-refractivity contribution >= 4 is 29.9 Å². The summed E-state index contributed by atoms with van der Waals surface area (Å²) in [6.07, 6.45) is 0.939. The van der Waals surface area contributed by atoms with Crippen molar-refractivity contribution in [2.24, 2.45) is 10.9 Å². The van der Waals surface area contributed by atoms with Gasteiger partial charge in [0.2, 0.25) is 0 Å². The van der Waals surface area contributed by atoms with E-state index in [1.165, 1.54) is 37.3 Å². The lowest BCUT2D eigenvalue weighted by molar-refractivity contribution is 0.139. The third kappa shape index (κ3) is 8.53. The Morgan fingerprint density at radius 2 is 1.93 bits per heavy atom. The summed E-state index contributed by atoms with van der Waals surface area (Å²) in [5.74, 6) is 2.42. The molecule has 1 aliphatic rings. The minimum Gasteiger partial charge on any atom is -0.496 e. The predicted octanol–water partition coefficient (Wildman–Crippen LogP) is 2.21. The van der Waals surface area contributed by atoms with Crippen LogP contribution in [-0.4, -0.2) is 82.8 Å². The minimum absolute atomic E-state index is 0. The van der Waals surface area contributed by atoms with Crippen LogP contribution in [0.15, 0.2) is 23.2 Å². The number of aliphatic imine (C=N–C) groups is 1. The number of rotatable bonds is 8. The van der Waals surface area contributed by atoms with Crippen LogP contribution in [-0.2, 0) is 6.42 Å². The smallest absolute Gasteiger partial charge is 0.190 e. The van der Waals surface area contributed by atoms with Crippen molar-refractivity contribution in [2.75, 3.05) is 67.0 Å². The van der Waals surface area contributed by atoms with Crippen LogP contribution in [0.4, 0.5) is 0 Å². The highest BCUT2D eigenvalue weighted by molar-refractivity contribution is 14.0. The van der Waals surface area contributed by atoms with E-state index in [0.29, 0.717) is 5.92 Å². The highest BCUT2D eigenvalue weighted by Gasteiger charge is 2.16. The summed E-state index contributed by atoms with van der Waals surface area (Å²) in [5, 5.41) is 6.88. The first-order valence-corrected chi connectivity index (χ1v) is 10.0. The number of nitrogens with one attached hydrogen (secondary N) is 2. The number of hydrogen-bond donors (Lipinski definition) is 2. The van der Waals surface area contributed by atoms with Gasteiger partial charge in [0.05, 0.1) is 7.11 Å². The van der Waals surface area contributed by atoms with Gasteiger partial charge >= 0.3 is 0 Å². The Bertz CT molecular complexity index is 602. The van der Waals surface area contributed by atoms with E-state index in [4.69, 9.17) is 4.74 Å². The molecule has 28 heavy (non-hydrogen) atoms. The van der Waals surface area contributed by atoms with Crippen LogP contribution in [0.5, 0.6) is 5.75 Å². The van der Waals surface area contributed by atoms with E-state index < -0.39 is 0 Å². The quantitative estimate of drug-likeness (QED) is 0.324. The second kappa shape index (κ2) is 13.2. The molecule has 1 unspecified atom stereocenters. The number of methoxy groups -OCH3 is 1. The second-order valence-electron chi connectivity index (χ2n) is 7.64. The number of ether oxygens (including phenoxy) is 1. The van der Waals surface area contributed by atoms with E-state index in [2.05, 4.69) is 64.5 Å². The molecule has 160 valence electrons. The van der Waals surface area contributed by atoms with Gasteiger partial charge in [-0.2, -0.15) is 0 Å². The van der Waals surface area contributed by atoms with Crippen molar-refractivity contribution in [3.8, 4) is 5.75 Å². The molecule has 0 saturated carbocycles. The molecular weight excluding hydrogens is 465 g/mol. The lowest BCUT2D eigenvalue weighted by Crippen LogP contribution is -2.47. The molecule has 0 radical (unpaired) electrons. The first kappa shape index (κ1) is 25.0. The van der Waals surface area contributed by atoms with Gasteiger partial charge in [-0.1, -0.05) is 19.1 Å². The van der Waals surface area contributed by atoms with Crippen molar-refractivity contribution in [1.29, 1.82) is 0 Å². The Labute approximate surface area is 188 Å². The van der Waals surface area contributed by atoms with Gasteiger partial charge in [-0.15, -0.1) is 24.0 Å². The standard InChI is InChI=1S/C21H37N5O.HI/c1-17(16-26-12-10-25(4)11-13-26)15-24-21(22-3)23-9-8-19-7-6-18(2)20(14-19)27-5;/h6-7,14,17H,8-13,15-16H2,1-5H3,(H2,22,23,24);1H. The van der Waals surface area contributed by atoms with Gasteiger partial charge in [-0.3, -0.25) is 4.99 Å². The Kier molecular flexibility index (Phi) is 11.8. The number of halogens is 1. The molecule has 1 saturated heterocycles. The normalized spacial score (nSPS) is 17.0. The van der Waals surface area contributed by atoms with Crippen molar-refractivity contribution in [2.45, 2.75) is 20.3 Å². The zero-order chi connectivity index (χ0) is 19.6. The number of likely N-dealkylation sites (N-methyl/N-ethyl adjacent to an activating group) is 1. The average Bonchev–Trinajstić information content (AvgIpc) is 2.67. The number of aryl methyl sites for hydroxylation is 1. The third-order valence-electron chi connectivity index (χ3n) is 5.19. The maximum Gasteiger partial charge on any atom is 0.190 e. The Morgan fingerprint density at radius 3 is 2.57 bits per heavy atom. The molecule has 0 aromatic heterocycles.